The normalized spacial score (nSPS) is 14.6. The molecule has 0 fully saturated rings. The maximum atomic E-state index is 9.21. The van der Waals surface area contributed by atoms with Crippen molar-refractivity contribution in [3.8, 4) is 23.5 Å². The van der Waals surface area contributed by atoms with Gasteiger partial charge in [-0.1, -0.05) is 6.58 Å². The number of hydrogen-bond acceptors (Lipinski definition) is 11. The lowest BCUT2D eigenvalue weighted by Crippen LogP contribution is -2.21. The minimum Gasteiger partial charge on any atom is -0.383 e. The van der Waals surface area contributed by atoms with Gasteiger partial charge in [0.05, 0.1) is 11.6 Å². The van der Waals surface area contributed by atoms with E-state index in [2.05, 4.69) is 31.5 Å². The number of nitrogen functional groups attached to an aromatic ring is 3. The van der Waals surface area contributed by atoms with Crippen molar-refractivity contribution in [2.24, 2.45) is 10.7 Å². The second-order valence-electron chi connectivity index (χ2n) is 5.52. The molecule has 11 heteroatoms. The van der Waals surface area contributed by atoms with Crippen molar-refractivity contribution in [2.75, 3.05) is 17.2 Å². The molecule has 0 saturated heterocycles. The molecule has 0 saturated carbocycles. The number of aromatic nitrogens is 4. The number of anilines is 3. The molecule has 132 valence electrons. The van der Waals surface area contributed by atoms with Crippen molar-refractivity contribution in [3.63, 3.8) is 0 Å². The zero-order chi connectivity index (χ0) is 19.9. The average Bonchev–Trinajstić information content (AvgIpc) is 2.65. The number of fused-ring (bicyclic) bond motifs is 3. The van der Waals surface area contributed by atoms with Crippen LogP contribution in [0.25, 0.3) is 17.0 Å². The summed E-state index contributed by atoms with van der Waals surface area (Å²) in [5.41, 5.74) is 24.6. The van der Waals surface area contributed by atoms with Gasteiger partial charge in [-0.15, -0.1) is 0 Å². The lowest BCUT2D eigenvalue weighted by Gasteiger charge is -2.21. The highest BCUT2D eigenvalue weighted by Crippen LogP contribution is 2.37. The maximum absolute atomic E-state index is 9.21. The van der Waals surface area contributed by atoms with Gasteiger partial charge >= 0.3 is 0 Å². The summed E-state index contributed by atoms with van der Waals surface area (Å²) in [4.78, 5) is 21.1. The zero-order valence-corrected chi connectivity index (χ0v) is 14.1. The second-order valence-corrected chi connectivity index (χ2v) is 5.52. The monoisotopic (exact) mass is 359 g/mol. The van der Waals surface area contributed by atoms with Crippen molar-refractivity contribution in [1.29, 1.82) is 10.5 Å². The lowest BCUT2D eigenvalue weighted by molar-refractivity contribution is 1.10. The molecule has 2 aromatic rings. The quantitative estimate of drug-likeness (QED) is 0.502. The van der Waals surface area contributed by atoms with E-state index in [-0.39, 0.29) is 63.0 Å². The van der Waals surface area contributed by atoms with Crippen LogP contribution < -0.4 is 22.9 Å². The molecule has 0 amide bonds. The molecule has 0 spiro atoms. The predicted molar refractivity (Wildman–Crippen MR) is 99.1 cm³/mol. The summed E-state index contributed by atoms with van der Waals surface area (Å²) in [6, 6.07) is 3.76. The summed E-state index contributed by atoms with van der Waals surface area (Å²) in [5, 5.41) is 18.2. The Labute approximate surface area is 153 Å². The van der Waals surface area contributed by atoms with Gasteiger partial charge in [-0.25, -0.2) is 24.9 Å². The van der Waals surface area contributed by atoms with Crippen LogP contribution in [0.4, 0.5) is 17.5 Å². The molecule has 0 bridgehead atoms. The molecule has 0 radical (unpaired) electrons. The van der Waals surface area contributed by atoms with Crippen LogP contribution >= 0.6 is 0 Å². The fraction of sp³-hybridized carbons (Fsp3) is 0.0625. The number of rotatable bonds is 1. The fourth-order valence-electron chi connectivity index (χ4n) is 2.33. The van der Waals surface area contributed by atoms with Crippen molar-refractivity contribution in [2.45, 2.75) is 6.92 Å². The first kappa shape index (κ1) is 17.3. The molecule has 3 rings (SSSR count). The zero-order valence-electron chi connectivity index (χ0n) is 14.1. The van der Waals surface area contributed by atoms with Crippen molar-refractivity contribution in [1.82, 2.24) is 19.9 Å². The topological polar surface area (TPSA) is 216 Å². The van der Waals surface area contributed by atoms with E-state index >= 15 is 0 Å². The van der Waals surface area contributed by atoms with Gasteiger partial charge in [-0.05, 0) is 6.92 Å². The van der Waals surface area contributed by atoms with Gasteiger partial charge in [0.25, 0.3) is 0 Å². The molecule has 0 aromatic carbocycles. The van der Waals surface area contributed by atoms with Crippen molar-refractivity contribution < 1.29 is 0 Å². The van der Waals surface area contributed by atoms with Gasteiger partial charge in [0.15, 0.2) is 23.1 Å². The third-order valence-electron chi connectivity index (χ3n) is 3.78. The van der Waals surface area contributed by atoms with Gasteiger partial charge in [0.2, 0.25) is 0 Å². The number of nitrogens with two attached hydrogens (primary N) is 4. The number of nitriles is 2. The van der Waals surface area contributed by atoms with E-state index in [0.717, 1.165) is 0 Å². The third kappa shape index (κ3) is 2.65. The van der Waals surface area contributed by atoms with Crippen LogP contribution in [0.3, 0.4) is 0 Å². The molecular formula is C16H13N11. The maximum Gasteiger partial charge on any atom is 0.183 e. The van der Waals surface area contributed by atoms with Crippen LogP contribution in [0.1, 0.15) is 24.0 Å². The molecule has 27 heavy (non-hydrogen) atoms. The van der Waals surface area contributed by atoms with E-state index in [9.17, 15) is 5.26 Å². The molecule has 8 N–H and O–H groups in total. The van der Waals surface area contributed by atoms with Crippen LogP contribution in [0.5, 0.6) is 0 Å². The van der Waals surface area contributed by atoms with E-state index in [4.69, 9.17) is 28.2 Å². The fourth-order valence-corrected chi connectivity index (χ4v) is 2.33. The van der Waals surface area contributed by atoms with Crippen LogP contribution in [-0.2, 0) is 0 Å². The largest absolute Gasteiger partial charge is 0.383 e. The lowest BCUT2D eigenvalue weighted by atomic mass is 9.93. The minimum atomic E-state index is -0.101. The van der Waals surface area contributed by atoms with Gasteiger partial charge in [-0.3, -0.25) is 0 Å². The second kappa shape index (κ2) is 6.09. The van der Waals surface area contributed by atoms with E-state index in [0.29, 0.717) is 5.57 Å². The first-order chi connectivity index (χ1) is 12.8. The molecule has 11 nitrogen and oxygen atoms in total. The Hall–Kier alpha value is -4.51. The Morgan fingerprint density at radius 2 is 1.48 bits per heavy atom. The third-order valence-corrected chi connectivity index (χ3v) is 3.78. The molecule has 0 unspecified atom stereocenters. The standard InChI is InChI=1S/C16H13N11/c1-5(3-17)13(19)24-8-6(2)9-11(27-16(22)15(21)25-9)12-10(8)26-14(20)7(4-18)23-12/h2,19H2,1H3,(H2,20,26)(H2,21,25)(H2,22,27)/b13-5+,24-8?. The molecule has 2 aromatic heterocycles. The summed E-state index contributed by atoms with van der Waals surface area (Å²) in [6.07, 6.45) is 0. The minimum absolute atomic E-state index is 0.00155. The Kier molecular flexibility index (Phi) is 3.91. The summed E-state index contributed by atoms with van der Waals surface area (Å²) in [6.45, 7) is 5.46. The Balaban J connectivity index is 2.42. The highest BCUT2D eigenvalue weighted by molar-refractivity contribution is 6.35. The molecule has 0 aliphatic heterocycles. The summed E-state index contributed by atoms with van der Waals surface area (Å²) in [7, 11) is 0. The Morgan fingerprint density at radius 3 is 2.07 bits per heavy atom. The van der Waals surface area contributed by atoms with E-state index in [1.165, 1.54) is 6.92 Å². The smallest absolute Gasteiger partial charge is 0.183 e. The first-order valence-corrected chi connectivity index (χ1v) is 7.44. The summed E-state index contributed by atoms with van der Waals surface area (Å²) >= 11 is 0. The SMILES string of the molecule is C=C1C(=N/C(N)=C(\C)C#N)c2nc(N)c(C#N)nc2-c2nc(N)c(N)nc21. The molecule has 1 aliphatic carbocycles. The van der Waals surface area contributed by atoms with E-state index in [1.54, 1.807) is 0 Å². The molecule has 2 heterocycles. The highest BCUT2D eigenvalue weighted by Gasteiger charge is 2.32. The van der Waals surface area contributed by atoms with Crippen molar-refractivity contribution >= 4 is 28.7 Å². The summed E-state index contributed by atoms with van der Waals surface area (Å²) < 4.78 is 0. The summed E-state index contributed by atoms with van der Waals surface area (Å²) in [5.74, 6) is -0.150. The van der Waals surface area contributed by atoms with Gasteiger partial charge in [-0.2, -0.15) is 10.5 Å². The molecular weight excluding hydrogens is 346 g/mol. The van der Waals surface area contributed by atoms with E-state index < -0.39 is 0 Å². The van der Waals surface area contributed by atoms with E-state index in [1.807, 2.05) is 12.1 Å². The van der Waals surface area contributed by atoms with Crippen LogP contribution in [-0.4, -0.2) is 25.6 Å². The highest BCUT2D eigenvalue weighted by atomic mass is 15.0. The number of allylic oxidation sites excluding steroid dienone is 2. The van der Waals surface area contributed by atoms with Gasteiger partial charge in [0, 0.05) is 5.57 Å². The van der Waals surface area contributed by atoms with Crippen LogP contribution in [0, 0.1) is 22.7 Å². The van der Waals surface area contributed by atoms with Gasteiger partial charge in [0.1, 0.15) is 40.4 Å². The molecule has 1 aliphatic rings. The number of aliphatic imine (C=N–C) groups is 1. The predicted octanol–water partition coefficient (Wildman–Crippen LogP) is 0.0816. The van der Waals surface area contributed by atoms with Crippen LogP contribution in [0.15, 0.2) is 23.0 Å². The Morgan fingerprint density at radius 1 is 0.926 bits per heavy atom. The number of hydrogen-bond donors (Lipinski definition) is 4. The Bertz CT molecular complexity index is 1160. The first-order valence-electron chi connectivity index (χ1n) is 7.44. The molecule has 0 atom stereocenters. The van der Waals surface area contributed by atoms with Crippen LogP contribution in [0.2, 0.25) is 0 Å². The average molecular weight is 359 g/mol. The van der Waals surface area contributed by atoms with Gasteiger partial charge < -0.3 is 22.9 Å². The van der Waals surface area contributed by atoms with Crippen molar-refractivity contribution in [3.05, 3.63) is 35.1 Å². The number of nitrogens with zero attached hydrogens (tertiary/aromatic N) is 7.